The Balaban J connectivity index is 1.37. The summed E-state index contributed by atoms with van der Waals surface area (Å²) >= 11 is 0. The van der Waals surface area contributed by atoms with Gasteiger partial charge in [0.1, 0.15) is 11.5 Å². The van der Waals surface area contributed by atoms with Crippen LogP contribution in [-0.2, 0) is 11.2 Å². The number of hydrogen-bond acceptors (Lipinski definition) is 2. The number of rotatable bonds is 11. The molecular weight excluding hydrogens is 368 g/mol. The molecule has 2 aliphatic rings. The van der Waals surface area contributed by atoms with Crippen LogP contribution in [0.4, 0.5) is 0 Å². The summed E-state index contributed by atoms with van der Waals surface area (Å²) in [6, 6.07) is 8.18. The second-order valence-corrected chi connectivity index (χ2v) is 10.0. The Kier molecular flexibility index (Phi) is 9.75. The van der Waals surface area contributed by atoms with E-state index in [-0.39, 0.29) is 0 Å². The SMILES string of the molecule is CCCCOc1ccc(CC(=O)C2CCC(C3CCC(CCCC)CC3)CC2)cc1. The van der Waals surface area contributed by atoms with E-state index in [1.807, 2.05) is 12.1 Å². The Hall–Kier alpha value is -1.31. The fourth-order valence-corrected chi connectivity index (χ4v) is 5.74. The van der Waals surface area contributed by atoms with Crippen molar-refractivity contribution < 1.29 is 9.53 Å². The second-order valence-electron chi connectivity index (χ2n) is 10.0. The van der Waals surface area contributed by atoms with Gasteiger partial charge in [-0.15, -0.1) is 0 Å². The van der Waals surface area contributed by atoms with Crippen molar-refractivity contribution in [3.63, 3.8) is 0 Å². The van der Waals surface area contributed by atoms with Gasteiger partial charge in [0.05, 0.1) is 6.61 Å². The maximum Gasteiger partial charge on any atom is 0.140 e. The van der Waals surface area contributed by atoms with Crippen LogP contribution < -0.4 is 4.74 Å². The van der Waals surface area contributed by atoms with Gasteiger partial charge in [-0.2, -0.15) is 0 Å². The molecule has 0 heterocycles. The fourth-order valence-electron chi connectivity index (χ4n) is 5.74. The number of carbonyl (C=O) groups excluding carboxylic acids is 1. The summed E-state index contributed by atoms with van der Waals surface area (Å²) in [5.41, 5.74) is 1.13. The summed E-state index contributed by atoms with van der Waals surface area (Å²) in [6.07, 6.45) is 17.7. The van der Waals surface area contributed by atoms with Crippen LogP contribution in [0.2, 0.25) is 0 Å². The van der Waals surface area contributed by atoms with Crippen molar-refractivity contribution >= 4 is 5.78 Å². The molecular formula is C28H44O2. The highest BCUT2D eigenvalue weighted by Crippen LogP contribution is 2.42. The summed E-state index contributed by atoms with van der Waals surface area (Å²) in [5.74, 6) is 4.51. The average molecular weight is 413 g/mol. The molecule has 0 unspecified atom stereocenters. The molecule has 0 radical (unpaired) electrons. The highest BCUT2D eigenvalue weighted by atomic mass is 16.5. The maximum absolute atomic E-state index is 12.9. The van der Waals surface area contributed by atoms with Crippen molar-refractivity contribution in [3.8, 4) is 5.75 Å². The fraction of sp³-hybridized carbons (Fsp3) is 0.750. The quantitative estimate of drug-likeness (QED) is 0.347. The van der Waals surface area contributed by atoms with Gasteiger partial charge in [-0.1, -0.05) is 64.5 Å². The Bertz CT molecular complexity index is 604. The van der Waals surface area contributed by atoms with Gasteiger partial charge < -0.3 is 4.74 Å². The van der Waals surface area contributed by atoms with Crippen molar-refractivity contribution in [3.05, 3.63) is 29.8 Å². The summed E-state index contributed by atoms with van der Waals surface area (Å²) in [7, 11) is 0. The molecule has 0 amide bonds. The Morgan fingerprint density at radius 1 is 0.833 bits per heavy atom. The largest absolute Gasteiger partial charge is 0.494 e. The first kappa shape index (κ1) is 23.4. The van der Waals surface area contributed by atoms with E-state index >= 15 is 0 Å². The van der Waals surface area contributed by atoms with Gasteiger partial charge in [0.2, 0.25) is 0 Å². The number of carbonyl (C=O) groups is 1. The van der Waals surface area contributed by atoms with Gasteiger partial charge in [-0.25, -0.2) is 0 Å². The van der Waals surface area contributed by atoms with Gasteiger partial charge in [-0.3, -0.25) is 4.79 Å². The Labute approximate surface area is 185 Å². The molecule has 0 aromatic heterocycles. The predicted octanol–water partition coefficient (Wildman–Crippen LogP) is 7.78. The van der Waals surface area contributed by atoms with Crippen molar-refractivity contribution in [1.82, 2.24) is 0 Å². The molecule has 0 spiro atoms. The summed E-state index contributed by atoms with van der Waals surface area (Å²) in [6.45, 7) is 5.26. The maximum atomic E-state index is 12.9. The molecule has 2 heteroatoms. The summed E-state index contributed by atoms with van der Waals surface area (Å²) < 4.78 is 5.73. The molecule has 0 saturated heterocycles. The number of ether oxygens (including phenoxy) is 1. The first-order valence-corrected chi connectivity index (χ1v) is 12.9. The van der Waals surface area contributed by atoms with Crippen LogP contribution in [0.5, 0.6) is 5.75 Å². The first-order chi connectivity index (χ1) is 14.7. The molecule has 3 rings (SSSR count). The Morgan fingerprint density at radius 2 is 1.43 bits per heavy atom. The highest BCUT2D eigenvalue weighted by Gasteiger charge is 2.32. The second kappa shape index (κ2) is 12.5. The summed E-state index contributed by atoms with van der Waals surface area (Å²) in [5, 5.41) is 0. The Morgan fingerprint density at radius 3 is 2.03 bits per heavy atom. The zero-order valence-corrected chi connectivity index (χ0v) is 19.5. The first-order valence-electron chi connectivity index (χ1n) is 12.9. The molecule has 0 bridgehead atoms. The van der Waals surface area contributed by atoms with E-state index < -0.39 is 0 Å². The van der Waals surface area contributed by atoms with Crippen LogP contribution in [0.15, 0.2) is 24.3 Å². The van der Waals surface area contributed by atoms with Crippen LogP contribution in [0, 0.1) is 23.7 Å². The number of hydrogen-bond donors (Lipinski definition) is 0. The lowest BCUT2D eigenvalue weighted by Gasteiger charge is -2.37. The van der Waals surface area contributed by atoms with E-state index in [0.29, 0.717) is 18.1 Å². The van der Waals surface area contributed by atoms with Crippen LogP contribution in [0.25, 0.3) is 0 Å². The highest BCUT2D eigenvalue weighted by molar-refractivity contribution is 5.83. The minimum Gasteiger partial charge on any atom is -0.494 e. The van der Waals surface area contributed by atoms with Gasteiger partial charge in [0, 0.05) is 12.3 Å². The third-order valence-electron chi connectivity index (χ3n) is 7.82. The van der Waals surface area contributed by atoms with E-state index in [4.69, 9.17) is 4.74 Å². The molecule has 1 aromatic carbocycles. The number of Topliss-reactive ketones (excluding diaryl/α,β-unsaturated/α-hetero) is 1. The van der Waals surface area contributed by atoms with E-state index in [1.165, 1.54) is 57.8 Å². The standard InChI is InChI=1S/C28H44O2/c1-3-5-7-22-8-12-24(13-9-22)25-14-16-26(17-15-25)28(29)21-23-10-18-27(19-11-23)30-20-6-4-2/h10-11,18-19,22,24-26H,3-9,12-17,20-21H2,1-2H3. The number of unbranched alkanes of at least 4 members (excludes halogenated alkanes) is 2. The van der Waals surface area contributed by atoms with E-state index in [9.17, 15) is 4.79 Å². The minimum absolute atomic E-state index is 0.294. The average Bonchev–Trinajstić information content (AvgIpc) is 2.79. The minimum atomic E-state index is 0.294. The van der Waals surface area contributed by atoms with Gasteiger partial charge in [0.25, 0.3) is 0 Å². The molecule has 168 valence electrons. The number of benzene rings is 1. The normalized spacial score (nSPS) is 27.0. The van der Waals surface area contributed by atoms with Crippen LogP contribution >= 0.6 is 0 Å². The molecule has 0 aliphatic heterocycles. The smallest absolute Gasteiger partial charge is 0.140 e. The molecule has 0 atom stereocenters. The van der Waals surface area contributed by atoms with Gasteiger partial charge in [-0.05, 0) is 80.4 Å². The van der Waals surface area contributed by atoms with Gasteiger partial charge in [0.15, 0.2) is 0 Å². The molecule has 30 heavy (non-hydrogen) atoms. The van der Waals surface area contributed by atoms with Crippen LogP contribution in [0.1, 0.15) is 103 Å². The zero-order chi connectivity index (χ0) is 21.2. The topological polar surface area (TPSA) is 26.3 Å². The molecule has 2 nitrogen and oxygen atoms in total. The van der Waals surface area contributed by atoms with Crippen LogP contribution in [0.3, 0.4) is 0 Å². The predicted molar refractivity (Wildman–Crippen MR) is 126 cm³/mol. The third-order valence-corrected chi connectivity index (χ3v) is 7.82. The van der Waals surface area contributed by atoms with Crippen molar-refractivity contribution in [1.29, 1.82) is 0 Å². The summed E-state index contributed by atoms with van der Waals surface area (Å²) in [4.78, 5) is 12.9. The van der Waals surface area contributed by atoms with Crippen molar-refractivity contribution in [2.24, 2.45) is 23.7 Å². The van der Waals surface area contributed by atoms with Crippen LogP contribution in [-0.4, -0.2) is 12.4 Å². The zero-order valence-electron chi connectivity index (χ0n) is 19.5. The van der Waals surface area contributed by atoms with E-state index in [1.54, 1.807) is 0 Å². The third kappa shape index (κ3) is 7.13. The lowest BCUT2D eigenvalue weighted by Crippen LogP contribution is -2.29. The van der Waals surface area contributed by atoms with Crippen molar-refractivity contribution in [2.75, 3.05) is 6.61 Å². The molecule has 2 aliphatic carbocycles. The molecule has 2 fully saturated rings. The number of ketones is 1. The molecule has 2 saturated carbocycles. The molecule has 0 N–H and O–H groups in total. The van der Waals surface area contributed by atoms with Crippen molar-refractivity contribution in [2.45, 2.75) is 104 Å². The monoisotopic (exact) mass is 412 g/mol. The van der Waals surface area contributed by atoms with E-state index in [2.05, 4.69) is 26.0 Å². The van der Waals surface area contributed by atoms with E-state index in [0.717, 1.165) is 61.4 Å². The lowest BCUT2D eigenvalue weighted by molar-refractivity contribution is -0.123. The lowest BCUT2D eigenvalue weighted by atomic mass is 9.68. The van der Waals surface area contributed by atoms with Gasteiger partial charge >= 0.3 is 0 Å². The molecule has 1 aromatic rings.